The van der Waals surface area contributed by atoms with Gasteiger partial charge in [-0.05, 0) is 30.3 Å². The van der Waals surface area contributed by atoms with Crippen LogP contribution >= 0.6 is 0 Å². The van der Waals surface area contributed by atoms with Crippen molar-refractivity contribution in [2.75, 3.05) is 17.7 Å². The van der Waals surface area contributed by atoms with Crippen molar-refractivity contribution in [2.24, 2.45) is 0 Å². The highest BCUT2D eigenvalue weighted by atomic mass is 16.5. The number of hydrogen-bond donors (Lipinski definition) is 2. The largest absolute Gasteiger partial charge is 0.495 e. The molecule has 0 aliphatic carbocycles. The fraction of sp³-hybridized carbons (Fsp3) is 0.111. The minimum absolute atomic E-state index is 0.204. The van der Waals surface area contributed by atoms with Crippen molar-refractivity contribution in [1.29, 1.82) is 0 Å². The van der Waals surface area contributed by atoms with Crippen molar-refractivity contribution < 1.29 is 14.3 Å². The van der Waals surface area contributed by atoms with E-state index in [1.807, 2.05) is 18.2 Å². The van der Waals surface area contributed by atoms with E-state index < -0.39 is 5.91 Å². The van der Waals surface area contributed by atoms with Gasteiger partial charge in [-0.1, -0.05) is 12.1 Å². The van der Waals surface area contributed by atoms with Gasteiger partial charge in [0.2, 0.25) is 5.91 Å². The number of carbonyl (C=O) groups excluding carboxylic acids is 2. The van der Waals surface area contributed by atoms with Crippen molar-refractivity contribution in [1.82, 2.24) is 9.97 Å². The van der Waals surface area contributed by atoms with E-state index in [2.05, 4.69) is 20.6 Å². The van der Waals surface area contributed by atoms with E-state index in [-0.39, 0.29) is 11.6 Å². The van der Waals surface area contributed by atoms with Crippen LogP contribution in [0, 0.1) is 0 Å². The number of anilines is 2. The van der Waals surface area contributed by atoms with E-state index in [4.69, 9.17) is 4.74 Å². The average Bonchev–Trinajstić information content (AvgIpc) is 2.61. The fourth-order valence-corrected chi connectivity index (χ4v) is 2.33. The molecule has 1 heterocycles. The molecule has 0 aliphatic heterocycles. The van der Waals surface area contributed by atoms with Crippen LogP contribution in [0.4, 0.5) is 11.4 Å². The number of amides is 2. The van der Waals surface area contributed by atoms with Crippen LogP contribution in [0.5, 0.6) is 5.75 Å². The predicted octanol–water partition coefficient (Wildman–Crippen LogP) is 2.85. The Hall–Kier alpha value is -3.48. The summed E-state index contributed by atoms with van der Waals surface area (Å²) in [7, 11) is 1.50. The predicted molar refractivity (Wildman–Crippen MR) is 94.8 cm³/mol. The van der Waals surface area contributed by atoms with E-state index >= 15 is 0 Å². The molecule has 0 unspecified atom stereocenters. The smallest absolute Gasteiger partial charge is 0.275 e. The number of carbonyl (C=O) groups is 2. The normalized spacial score (nSPS) is 10.3. The molecule has 0 atom stereocenters. The lowest BCUT2D eigenvalue weighted by Gasteiger charge is -2.11. The quantitative estimate of drug-likeness (QED) is 0.764. The van der Waals surface area contributed by atoms with Gasteiger partial charge in [0, 0.05) is 12.6 Å². The first-order chi connectivity index (χ1) is 12.1. The highest BCUT2D eigenvalue weighted by Gasteiger charge is 2.12. The number of benzene rings is 2. The molecule has 0 bridgehead atoms. The van der Waals surface area contributed by atoms with Gasteiger partial charge in [-0.3, -0.25) is 14.6 Å². The van der Waals surface area contributed by atoms with E-state index in [0.29, 0.717) is 22.6 Å². The van der Waals surface area contributed by atoms with Crippen LogP contribution in [0.15, 0.2) is 48.7 Å². The van der Waals surface area contributed by atoms with Gasteiger partial charge in [-0.15, -0.1) is 0 Å². The summed E-state index contributed by atoms with van der Waals surface area (Å²) in [6, 6.07) is 12.3. The number of rotatable bonds is 4. The van der Waals surface area contributed by atoms with Gasteiger partial charge in [0.15, 0.2) is 0 Å². The highest BCUT2D eigenvalue weighted by molar-refractivity contribution is 6.04. The lowest BCUT2D eigenvalue weighted by atomic mass is 10.2. The number of methoxy groups -OCH3 is 1. The Labute approximate surface area is 144 Å². The van der Waals surface area contributed by atoms with Gasteiger partial charge in [0.05, 0.1) is 30.0 Å². The van der Waals surface area contributed by atoms with Gasteiger partial charge in [0.25, 0.3) is 5.91 Å². The van der Waals surface area contributed by atoms with Crippen molar-refractivity contribution in [3.05, 3.63) is 54.4 Å². The molecule has 2 N–H and O–H groups in total. The molecule has 25 heavy (non-hydrogen) atoms. The zero-order chi connectivity index (χ0) is 17.8. The van der Waals surface area contributed by atoms with Gasteiger partial charge >= 0.3 is 0 Å². The van der Waals surface area contributed by atoms with E-state index in [9.17, 15) is 9.59 Å². The van der Waals surface area contributed by atoms with Crippen molar-refractivity contribution in [2.45, 2.75) is 6.92 Å². The molecular weight excluding hydrogens is 320 g/mol. The van der Waals surface area contributed by atoms with E-state index in [1.165, 1.54) is 20.2 Å². The summed E-state index contributed by atoms with van der Waals surface area (Å²) in [6.07, 6.45) is 1.43. The van der Waals surface area contributed by atoms with Crippen LogP contribution in [0.2, 0.25) is 0 Å². The zero-order valence-electron chi connectivity index (χ0n) is 13.7. The molecule has 0 spiro atoms. The Bertz CT molecular complexity index is 956. The Morgan fingerprint density at radius 1 is 1.04 bits per heavy atom. The first-order valence-corrected chi connectivity index (χ1v) is 7.55. The highest BCUT2D eigenvalue weighted by Crippen LogP contribution is 2.28. The molecule has 3 aromatic rings. The zero-order valence-corrected chi connectivity index (χ0v) is 13.7. The molecule has 1 aromatic heterocycles. The number of hydrogen-bond acceptors (Lipinski definition) is 5. The summed E-state index contributed by atoms with van der Waals surface area (Å²) < 4.78 is 5.19. The van der Waals surface area contributed by atoms with Crippen molar-refractivity contribution in [3.8, 4) is 5.75 Å². The molecule has 0 radical (unpaired) electrons. The summed E-state index contributed by atoms with van der Waals surface area (Å²) >= 11 is 0. The topological polar surface area (TPSA) is 93.2 Å². The summed E-state index contributed by atoms with van der Waals surface area (Å²) in [4.78, 5) is 32.2. The molecule has 0 saturated carbocycles. The van der Waals surface area contributed by atoms with E-state index in [0.717, 1.165) is 5.52 Å². The standard InChI is InChI=1S/C18H16N4O3/c1-11(23)20-15-9-12(7-8-17(15)25-2)21-18(24)16-10-19-13-5-3-4-6-14(13)22-16/h3-10H,1-2H3,(H,20,23)(H,21,24). The summed E-state index contributed by atoms with van der Waals surface area (Å²) in [6.45, 7) is 1.40. The van der Waals surface area contributed by atoms with Gasteiger partial charge < -0.3 is 15.4 Å². The van der Waals surface area contributed by atoms with Crippen LogP contribution in [0.3, 0.4) is 0 Å². The summed E-state index contributed by atoms with van der Waals surface area (Å²) in [5.74, 6) is -0.127. The third kappa shape index (κ3) is 3.72. The Balaban J connectivity index is 1.85. The van der Waals surface area contributed by atoms with Crippen LogP contribution in [0.1, 0.15) is 17.4 Å². The molecule has 7 heteroatoms. The lowest BCUT2D eigenvalue weighted by Crippen LogP contribution is -2.15. The number of nitrogens with zero attached hydrogens (tertiary/aromatic N) is 2. The SMILES string of the molecule is COc1ccc(NC(=O)c2cnc3ccccc3n2)cc1NC(C)=O. The minimum atomic E-state index is -0.391. The molecule has 0 aliphatic rings. The number of aromatic nitrogens is 2. The second-order valence-electron chi connectivity index (χ2n) is 5.29. The molecule has 0 fully saturated rings. The number of ether oxygens (including phenoxy) is 1. The van der Waals surface area contributed by atoms with Crippen LogP contribution in [-0.4, -0.2) is 28.9 Å². The monoisotopic (exact) mass is 336 g/mol. The Morgan fingerprint density at radius 3 is 2.52 bits per heavy atom. The van der Waals surface area contributed by atoms with Crippen LogP contribution < -0.4 is 15.4 Å². The molecule has 7 nitrogen and oxygen atoms in total. The van der Waals surface area contributed by atoms with E-state index in [1.54, 1.807) is 24.3 Å². The second kappa shape index (κ2) is 6.96. The number of nitrogens with one attached hydrogen (secondary N) is 2. The molecule has 0 saturated heterocycles. The van der Waals surface area contributed by atoms with Crippen molar-refractivity contribution >= 4 is 34.2 Å². The van der Waals surface area contributed by atoms with Crippen LogP contribution in [0.25, 0.3) is 11.0 Å². The summed E-state index contributed by atoms with van der Waals surface area (Å²) in [5.41, 5.74) is 2.54. The minimum Gasteiger partial charge on any atom is -0.495 e. The Morgan fingerprint density at radius 2 is 1.80 bits per heavy atom. The molecule has 126 valence electrons. The lowest BCUT2D eigenvalue weighted by molar-refractivity contribution is -0.114. The average molecular weight is 336 g/mol. The third-order valence-corrected chi connectivity index (χ3v) is 3.45. The fourth-order valence-electron chi connectivity index (χ4n) is 2.33. The molecule has 2 amide bonds. The third-order valence-electron chi connectivity index (χ3n) is 3.45. The number of para-hydroxylation sites is 2. The van der Waals surface area contributed by atoms with Crippen molar-refractivity contribution in [3.63, 3.8) is 0 Å². The number of fused-ring (bicyclic) bond motifs is 1. The maximum atomic E-state index is 12.4. The molecule has 2 aromatic carbocycles. The first-order valence-electron chi connectivity index (χ1n) is 7.55. The second-order valence-corrected chi connectivity index (χ2v) is 5.29. The molecular formula is C18H16N4O3. The molecule has 3 rings (SSSR count). The maximum absolute atomic E-state index is 12.4. The first kappa shape index (κ1) is 16.4. The Kier molecular flexibility index (Phi) is 4.56. The van der Waals surface area contributed by atoms with Gasteiger partial charge in [-0.2, -0.15) is 0 Å². The van der Waals surface area contributed by atoms with Gasteiger partial charge in [0.1, 0.15) is 11.4 Å². The maximum Gasteiger partial charge on any atom is 0.275 e. The van der Waals surface area contributed by atoms with Gasteiger partial charge in [-0.25, -0.2) is 4.98 Å². The van der Waals surface area contributed by atoms with Crippen LogP contribution in [-0.2, 0) is 4.79 Å². The summed E-state index contributed by atoms with van der Waals surface area (Å²) in [5, 5.41) is 5.40.